The Labute approximate surface area is 188 Å². The van der Waals surface area contributed by atoms with Crippen LogP contribution in [0.4, 0.5) is 5.69 Å². The molecule has 0 saturated carbocycles. The molecule has 0 bridgehead atoms. The molecule has 4 rings (SSSR count). The van der Waals surface area contributed by atoms with Crippen LogP contribution in [-0.4, -0.2) is 20.6 Å². The molecule has 162 valence electrons. The zero-order valence-corrected chi connectivity index (χ0v) is 17.2. The van der Waals surface area contributed by atoms with Gasteiger partial charge in [0.15, 0.2) is 0 Å². The average molecular weight is 439 g/mol. The minimum absolute atomic E-state index is 0.0895. The summed E-state index contributed by atoms with van der Waals surface area (Å²) in [6.07, 6.45) is 4.57. The van der Waals surface area contributed by atoms with Gasteiger partial charge in [0.05, 0.1) is 23.4 Å². The first-order valence-electron chi connectivity index (χ1n) is 9.87. The van der Waals surface area contributed by atoms with Crippen LogP contribution in [0.1, 0.15) is 11.3 Å². The van der Waals surface area contributed by atoms with Gasteiger partial charge in [-0.25, -0.2) is 4.68 Å². The van der Waals surface area contributed by atoms with Crippen molar-refractivity contribution in [1.82, 2.24) is 15.1 Å². The van der Waals surface area contributed by atoms with Crippen molar-refractivity contribution >= 4 is 17.7 Å². The van der Waals surface area contributed by atoms with Gasteiger partial charge in [0, 0.05) is 29.5 Å². The second kappa shape index (κ2) is 9.45. The number of aromatic nitrogens is 2. The van der Waals surface area contributed by atoms with Crippen molar-refractivity contribution in [2.45, 2.75) is 6.54 Å². The van der Waals surface area contributed by atoms with Gasteiger partial charge in [-0.1, -0.05) is 30.3 Å². The summed E-state index contributed by atoms with van der Waals surface area (Å²) < 4.78 is 6.78. The number of carbonyl (C=O) groups is 1. The van der Waals surface area contributed by atoms with Crippen LogP contribution >= 0.6 is 0 Å². The van der Waals surface area contributed by atoms with Crippen molar-refractivity contribution in [3.8, 4) is 23.0 Å². The number of nitrogens with zero attached hydrogens (tertiary/aromatic N) is 4. The van der Waals surface area contributed by atoms with E-state index in [1.165, 1.54) is 24.5 Å². The molecule has 0 spiro atoms. The van der Waals surface area contributed by atoms with Crippen molar-refractivity contribution in [3.63, 3.8) is 0 Å². The number of nitro groups is 1. The monoisotopic (exact) mass is 439 g/mol. The zero-order valence-electron chi connectivity index (χ0n) is 17.2. The number of carbonyl (C=O) groups excluding carboxylic acids is 1. The first-order valence-corrected chi connectivity index (χ1v) is 9.87. The number of benzene rings is 2. The summed E-state index contributed by atoms with van der Waals surface area (Å²) in [6, 6.07) is 20.6. The van der Waals surface area contributed by atoms with E-state index in [-0.39, 0.29) is 17.8 Å². The predicted molar refractivity (Wildman–Crippen MR) is 120 cm³/mol. The summed E-state index contributed by atoms with van der Waals surface area (Å²) in [5.74, 6) is -0.0267. The van der Waals surface area contributed by atoms with Gasteiger partial charge in [-0.3, -0.25) is 14.9 Å². The highest BCUT2D eigenvalue weighted by Gasteiger charge is 2.17. The molecule has 0 saturated heterocycles. The van der Waals surface area contributed by atoms with Crippen LogP contribution in [0.3, 0.4) is 0 Å². The van der Waals surface area contributed by atoms with Gasteiger partial charge < -0.3 is 9.73 Å². The maximum Gasteiger partial charge on any atom is 0.270 e. The molecule has 2 heterocycles. The van der Waals surface area contributed by atoms with E-state index in [0.29, 0.717) is 22.6 Å². The first kappa shape index (κ1) is 21.3. The van der Waals surface area contributed by atoms with Gasteiger partial charge in [-0.05, 0) is 30.3 Å². The molecule has 0 radical (unpaired) electrons. The second-order valence-electron chi connectivity index (χ2n) is 6.95. The average Bonchev–Trinajstić information content (AvgIpc) is 3.52. The fourth-order valence-corrected chi connectivity index (χ4v) is 3.18. The number of rotatable bonds is 7. The first-order chi connectivity index (χ1) is 16.0. The third kappa shape index (κ3) is 4.86. The lowest BCUT2D eigenvalue weighted by Crippen LogP contribution is -2.23. The summed E-state index contributed by atoms with van der Waals surface area (Å²) in [4.78, 5) is 23.3. The number of nitro benzene ring substituents is 1. The molecule has 1 amide bonds. The molecule has 1 N–H and O–H groups in total. The zero-order chi connectivity index (χ0) is 23.2. The number of non-ortho nitro benzene ring substituents is 1. The molecule has 0 fully saturated rings. The van der Waals surface area contributed by atoms with Crippen LogP contribution in [0, 0.1) is 21.4 Å². The van der Waals surface area contributed by atoms with Crippen molar-refractivity contribution in [3.05, 3.63) is 106 Å². The molecule has 4 aromatic rings. The van der Waals surface area contributed by atoms with E-state index in [4.69, 9.17) is 4.42 Å². The van der Waals surface area contributed by atoms with Crippen molar-refractivity contribution in [2.75, 3.05) is 0 Å². The molecule has 9 nitrogen and oxygen atoms in total. The predicted octanol–water partition coefficient (Wildman–Crippen LogP) is 4.26. The molecular weight excluding hydrogens is 422 g/mol. The summed E-state index contributed by atoms with van der Waals surface area (Å²) in [6.45, 7) is 0.131. The highest BCUT2D eigenvalue weighted by molar-refractivity contribution is 6.02. The lowest BCUT2D eigenvalue weighted by atomic mass is 10.1. The van der Waals surface area contributed by atoms with Gasteiger partial charge in [0.1, 0.15) is 23.1 Å². The molecule has 0 aliphatic heterocycles. The Kier molecular flexibility index (Phi) is 6.09. The third-order valence-electron chi connectivity index (χ3n) is 4.76. The number of para-hydroxylation sites is 1. The van der Waals surface area contributed by atoms with Crippen molar-refractivity contribution in [1.29, 1.82) is 5.26 Å². The van der Waals surface area contributed by atoms with E-state index in [0.717, 1.165) is 5.69 Å². The van der Waals surface area contributed by atoms with E-state index in [2.05, 4.69) is 10.4 Å². The quantitative estimate of drug-likeness (QED) is 0.198. The smallest absolute Gasteiger partial charge is 0.270 e. The molecule has 0 aliphatic carbocycles. The number of amides is 1. The van der Waals surface area contributed by atoms with Gasteiger partial charge in [-0.15, -0.1) is 0 Å². The standard InChI is InChI=1S/C24H17N5O4/c25-14-18(24(30)26-15-22-10-5-11-33-22)12-19-16-28(20-7-2-1-3-8-20)27-23(19)17-6-4-9-21(13-17)29(31)32/h1-13,16H,15H2,(H,26,30). The molecule has 0 aliphatic rings. The summed E-state index contributed by atoms with van der Waals surface area (Å²) >= 11 is 0. The Morgan fingerprint density at radius 2 is 2.00 bits per heavy atom. The number of nitriles is 1. The molecule has 0 atom stereocenters. The molecular formula is C24H17N5O4. The van der Waals surface area contributed by atoms with E-state index < -0.39 is 10.8 Å². The number of nitrogens with one attached hydrogen (secondary N) is 1. The Bertz CT molecular complexity index is 1370. The Balaban J connectivity index is 1.74. The van der Waals surface area contributed by atoms with Gasteiger partial charge in [-0.2, -0.15) is 10.4 Å². The molecule has 2 aromatic heterocycles. The van der Waals surface area contributed by atoms with Crippen molar-refractivity contribution in [2.24, 2.45) is 0 Å². The largest absolute Gasteiger partial charge is 0.467 e. The summed E-state index contributed by atoms with van der Waals surface area (Å²) in [5.41, 5.74) is 1.87. The number of hydrogen-bond donors (Lipinski definition) is 1. The lowest BCUT2D eigenvalue weighted by molar-refractivity contribution is -0.384. The summed E-state index contributed by atoms with van der Waals surface area (Å²) in [7, 11) is 0. The van der Waals surface area contributed by atoms with Crippen LogP contribution < -0.4 is 5.32 Å². The van der Waals surface area contributed by atoms with E-state index in [1.807, 2.05) is 36.4 Å². The maximum atomic E-state index is 12.6. The number of hydrogen-bond acceptors (Lipinski definition) is 6. The normalized spacial score (nSPS) is 11.1. The summed E-state index contributed by atoms with van der Waals surface area (Å²) in [5, 5.41) is 28.1. The maximum absolute atomic E-state index is 12.6. The van der Waals surface area contributed by atoms with Crippen molar-refractivity contribution < 1.29 is 14.1 Å². The fourth-order valence-electron chi connectivity index (χ4n) is 3.18. The topological polar surface area (TPSA) is 127 Å². The van der Waals surface area contributed by atoms with E-state index >= 15 is 0 Å². The Morgan fingerprint density at radius 1 is 1.18 bits per heavy atom. The highest BCUT2D eigenvalue weighted by atomic mass is 16.6. The van der Waals surface area contributed by atoms with Gasteiger partial charge in [0.2, 0.25) is 0 Å². The molecule has 9 heteroatoms. The number of furan rings is 1. The Morgan fingerprint density at radius 3 is 2.70 bits per heavy atom. The Hall–Kier alpha value is -4.97. The minimum atomic E-state index is -0.577. The van der Waals surface area contributed by atoms with Crippen LogP contribution in [0.2, 0.25) is 0 Å². The van der Waals surface area contributed by atoms with E-state index in [9.17, 15) is 20.2 Å². The van der Waals surface area contributed by atoms with Crippen LogP contribution in [0.5, 0.6) is 0 Å². The second-order valence-corrected chi connectivity index (χ2v) is 6.95. The lowest BCUT2D eigenvalue weighted by Gasteiger charge is -2.03. The van der Waals surface area contributed by atoms with E-state index in [1.54, 1.807) is 35.1 Å². The van der Waals surface area contributed by atoms with Crippen LogP contribution in [0.15, 0.2) is 89.2 Å². The SMILES string of the molecule is N#CC(=Cc1cn(-c2ccccc2)nc1-c1cccc([N+](=O)[O-])c1)C(=O)NCc1ccco1. The van der Waals surface area contributed by atoms with Crippen LogP contribution in [-0.2, 0) is 11.3 Å². The third-order valence-corrected chi connectivity index (χ3v) is 4.76. The minimum Gasteiger partial charge on any atom is -0.467 e. The fraction of sp³-hybridized carbons (Fsp3) is 0.0417. The molecule has 0 unspecified atom stereocenters. The highest BCUT2D eigenvalue weighted by Crippen LogP contribution is 2.28. The molecule has 33 heavy (non-hydrogen) atoms. The molecule has 2 aromatic carbocycles. The van der Waals surface area contributed by atoms with Crippen LogP contribution in [0.25, 0.3) is 23.0 Å². The van der Waals surface area contributed by atoms with Gasteiger partial charge in [0.25, 0.3) is 11.6 Å². The van der Waals surface area contributed by atoms with Gasteiger partial charge >= 0.3 is 0 Å².